The Morgan fingerprint density at radius 3 is 2.59 bits per heavy atom. The number of nitrogens with two attached hydrogens (primary N) is 2. The predicted octanol–water partition coefficient (Wildman–Crippen LogP) is 0.686. The third-order valence-electron chi connectivity index (χ3n) is 2.56. The lowest BCUT2D eigenvalue weighted by Gasteiger charge is -2.14. The quantitative estimate of drug-likeness (QED) is 0.648. The summed E-state index contributed by atoms with van der Waals surface area (Å²) in [7, 11) is 0. The van der Waals surface area contributed by atoms with Gasteiger partial charge >= 0.3 is 0 Å². The van der Waals surface area contributed by atoms with Crippen molar-refractivity contribution in [2.45, 2.75) is 12.3 Å². The lowest BCUT2D eigenvalue weighted by atomic mass is 10.2. The molecule has 0 aliphatic heterocycles. The third-order valence-corrected chi connectivity index (χ3v) is 2.56. The summed E-state index contributed by atoms with van der Waals surface area (Å²) in [6.45, 7) is -1.65. The molecular weight excluding hydrogens is 320 g/mol. The van der Waals surface area contributed by atoms with Crippen molar-refractivity contribution in [1.29, 1.82) is 0 Å². The number of alkyl halides is 2. The molecule has 0 aliphatic carbocycles. The van der Waals surface area contributed by atoms with E-state index in [4.69, 9.17) is 16.2 Å². The molecule has 9 heteroatoms. The Balaban J connectivity index is 0.00000441. The van der Waals surface area contributed by atoms with Crippen LogP contribution in [0.25, 0.3) is 0 Å². The van der Waals surface area contributed by atoms with Gasteiger partial charge < -0.3 is 21.5 Å². The van der Waals surface area contributed by atoms with Crippen LogP contribution in [0.4, 0.5) is 8.78 Å². The molecule has 22 heavy (non-hydrogen) atoms. The molecule has 124 valence electrons. The molecule has 0 saturated carbocycles. The number of halogens is 3. The van der Waals surface area contributed by atoms with Crippen LogP contribution in [0, 0.1) is 0 Å². The average Bonchev–Trinajstić information content (AvgIpc) is 2.45. The fourth-order valence-electron chi connectivity index (χ4n) is 1.39. The average molecular weight is 338 g/mol. The van der Waals surface area contributed by atoms with Gasteiger partial charge in [0, 0.05) is 5.56 Å². The molecule has 0 fully saturated rings. The van der Waals surface area contributed by atoms with E-state index in [1.165, 1.54) is 12.1 Å². The van der Waals surface area contributed by atoms with E-state index in [0.29, 0.717) is 5.75 Å². The van der Waals surface area contributed by atoms with Crippen molar-refractivity contribution in [3.05, 3.63) is 29.8 Å². The van der Waals surface area contributed by atoms with Gasteiger partial charge in [0.2, 0.25) is 11.8 Å². The van der Waals surface area contributed by atoms with Crippen LogP contribution < -0.4 is 21.5 Å². The summed E-state index contributed by atoms with van der Waals surface area (Å²) < 4.78 is 30.9. The predicted molar refractivity (Wildman–Crippen MR) is 79.3 cm³/mol. The van der Waals surface area contributed by atoms with Gasteiger partial charge in [-0.05, 0) is 18.2 Å². The van der Waals surface area contributed by atoms with Crippen LogP contribution in [0.5, 0.6) is 5.75 Å². The molecule has 6 nitrogen and oxygen atoms in total. The number of primary amides is 1. The molecule has 0 unspecified atom stereocenters. The van der Waals surface area contributed by atoms with Gasteiger partial charge in [0.1, 0.15) is 5.75 Å². The van der Waals surface area contributed by atoms with Crippen LogP contribution >= 0.6 is 12.4 Å². The van der Waals surface area contributed by atoms with Gasteiger partial charge in [-0.2, -0.15) is 0 Å². The van der Waals surface area contributed by atoms with Gasteiger partial charge in [0.25, 0.3) is 5.92 Å². The molecule has 0 bridgehead atoms. The van der Waals surface area contributed by atoms with Crippen molar-refractivity contribution in [3.63, 3.8) is 0 Å². The van der Waals surface area contributed by atoms with Crippen LogP contribution in [-0.4, -0.2) is 37.4 Å². The smallest absolute Gasteiger partial charge is 0.277 e. The summed E-state index contributed by atoms with van der Waals surface area (Å²) in [6.07, 6.45) is -0.0958. The van der Waals surface area contributed by atoms with E-state index in [-0.39, 0.29) is 31.0 Å². The van der Waals surface area contributed by atoms with E-state index in [1.807, 2.05) is 0 Å². The highest BCUT2D eigenvalue weighted by molar-refractivity contribution is 5.93. The highest BCUT2D eigenvalue weighted by Crippen LogP contribution is 2.13. The lowest BCUT2D eigenvalue weighted by molar-refractivity contribution is -0.123. The van der Waals surface area contributed by atoms with Gasteiger partial charge in [0.15, 0.2) is 0 Å². The molecule has 0 atom stereocenters. The molecule has 0 saturated heterocycles. The second kappa shape index (κ2) is 9.16. The Hall–Kier alpha value is -1.93. The molecule has 0 heterocycles. The van der Waals surface area contributed by atoms with Crippen LogP contribution in [0.3, 0.4) is 0 Å². The van der Waals surface area contributed by atoms with Crippen LogP contribution in [0.15, 0.2) is 24.3 Å². The monoisotopic (exact) mass is 337 g/mol. The molecule has 1 aromatic carbocycles. The van der Waals surface area contributed by atoms with Crippen molar-refractivity contribution in [2.75, 3.05) is 19.7 Å². The Bertz CT molecular complexity index is 515. The summed E-state index contributed by atoms with van der Waals surface area (Å²) >= 11 is 0. The topological polar surface area (TPSA) is 107 Å². The standard InChI is InChI=1S/C13H17F2N3O3.ClH/c14-13(15,7-16)8-18-11(19)4-5-21-10-3-1-2-9(6-10)12(17)20;/h1-3,6H,4-5,7-8,16H2,(H2,17,20)(H,18,19);1H. The zero-order valence-corrected chi connectivity index (χ0v) is 12.5. The Kier molecular flexibility index (Phi) is 8.36. The maximum Gasteiger partial charge on any atom is 0.277 e. The highest BCUT2D eigenvalue weighted by Gasteiger charge is 2.26. The van der Waals surface area contributed by atoms with Crippen molar-refractivity contribution in [2.24, 2.45) is 11.5 Å². The van der Waals surface area contributed by atoms with Crippen molar-refractivity contribution in [3.8, 4) is 5.75 Å². The number of amides is 2. The Morgan fingerprint density at radius 1 is 1.32 bits per heavy atom. The maximum atomic E-state index is 12.8. The number of carbonyl (C=O) groups is 2. The van der Waals surface area contributed by atoms with Crippen LogP contribution in [0.2, 0.25) is 0 Å². The lowest BCUT2D eigenvalue weighted by Crippen LogP contribution is -2.41. The van der Waals surface area contributed by atoms with Gasteiger partial charge in [0.05, 0.1) is 26.1 Å². The first-order valence-corrected chi connectivity index (χ1v) is 6.21. The van der Waals surface area contributed by atoms with E-state index in [2.05, 4.69) is 5.32 Å². The van der Waals surface area contributed by atoms with E-state index in [9.17, 15) is 18.4 Å². The maximum absolute atomic E-state index is 12.8. The first kappa shape index (κ1) is 20.1. The fraction of sp³-hybridized carbons (Fsp3) is 0.385. The zero-order valence-electron chi connectivity index (χ0n) is 11.7. The van der Waals surface area contributed by atoms with E-state index >= 15 is 0 Å². The van der Waals surface area contributed by atoms with E-state index in [1.54, 1.807) is 12.1 Å². The number of hydrogen-bond donors (Lipinski definition) is 3. The number of rotatable bonds is 8. The highest BCUT2D eigenvalue weighted by atomic mass is 35.5. The molecule has 0 aromatic heterocycles. The minimum atomic E-state index is -3.12. The molecule has 5 N–H and O–H groups in total. The zero-order chi connectivity index (χ0) is 15.9. The first-order valence-electron chi connectivity index (χ1n) is 6.21. The van der Waals surface area contributed by atoms with E-state index in [0.717, 1.165) is 0 Å². The Morgan fingerprint density at radius 2 is 2.00 bits per heavy atom. The summed E-state index contributed by atoms with van der Waals surface area (Å²) in [5.41, 5.74) is 10.2. The molecular formula is C13H18ClF2N3O3. The minimum absolute atomic E-state index is 0. The van der Waals surface area contributed by atoms with E-state index < -0.39 is 30.8 Å². The summed E-state index contributed by atoms with van der Waals surface area (Å²) in [6, 6.07) is 6.13. The van der Waals surface area contributed by atoms with Crippen molar-refractivity contribution in [1.82, 2.24) is 5.32 Å². The minimum Gasteiger partial charge on any atom is -0.493 e. The molecule has 0 aliphatic rings. The number of nitrogens with one attached hydrogen (secondary N) is 1. The van der Waals surface area contributed by atoms with Crippen molar-refractivity contribution >= 4 is 24.2 Å². The summed E-state index contributed by atoms with van der Waals surface area (Å²) in [5, 5.41) is 2.07. The first-order chi connectivity index (χ1) is 9.84. The number of hydrogen-bond acceptors (Lipinski definition) is 4. The van der Waals surface area contributed by atoms with Crippen LogP contribution in [0.1, 0.15) is 16.8 Å². The number of ether oxygens (including phenoxy) is 1. The summed E-state index contributed by atoms with van der Waals surface area (Å²) in [4.78, 5) is 22.3. The molecule has 0 radical (unpaired) electrons. The summed E-state index contributed by atoms with van der Waals surface area (Å²) in [5.74, 6) is -3.92. The molecule has 2 amide bonds. The van der Waals surface area contributed by atoms with Gasteiger partial charge in [-0.25, -0.2) is 8.78 Å². The molecule has 1 aromatic rings. The third kappa shape index (κ3) is 7.19. The fourth-order valence-corrected chi connectivity index (χ4v) is 1.39. The molecule has 1 rings (SSSR count). The normalized spacial score (nSPS) is 10.5. The van der Waals surface area contributed by atoms with Gasteiger partial charge in [-0.1, -0.05) is 6.07 Å². The molecule has 0 spiro atoms. The van der Waals surface area contributed by atoms with Gasteiger partial charge in [-0.3, -0.25) is 9.59 Å². The Labute approximate surface area is 132 Å². The largest absolute Gasteiger partial charge is 0.493 e. The SMILES string of the molecule is Cl.NCC(F)(F)CNC(=O)CCOc1cccc(C(N)=O)c1. The second-order valence-electron chi connectivity index (χ2n) is 4.33. The second-order valence-corrected chi connectivity index (χ2v) is 4.33. The van der Waals surface area contributed by atoms with Crippen molar-refractivity contribution < 1.29 is 23.1 Å². The van der Waals surface area contributed by atoms with Gasteiger partial charge in [-0.15, -0.1) is 12.4 Å². The number of benzene rings is 1. The van der Waals surface area contributed by atoms with Crippen LogP contribution in [-0.2, 0) is 4.79 Å². The number of carbonyl (C=O) groups excluding carboxylic acids is 2.